The molecule has 2 aliphatic carbocycles. The first-order chi connectivity index (χ1) is 13.8. The van der Waals surface area contributed by atoms with Crippen LogP contribution in [0.25, 0.3) is 11.1 Å². The van der Waals surface area contributed by atoms with Gasteiger partial charge in [0.2, 0.25) is 0 Å². The van der Waals surface area contributed by atoms with Crippen molar-refractivity contribution < 1.29 is 51.0 Å². The second-order valence-electron chi connectivity index (χ2n) is 6.61. The Hall–Kier alpha value is -1.66. The Morgan fingerprint density at radius 2 is 0.935 bits per heavy atom. The summed E-state index contributed by atoms with van der Waals surface area (Å²) in [6.07, 6.45) is 21.7. The van der Waals surface area contributed by atoms with Gasteiger partial charge in [-0.1, -0.05) is 98.5 Å². The molecule has 0 radical (unpaired) electrons. The molecule has 0 bridgehead atoms. The fourth-order valence-corrected chi connectivity index (χ4v) is 3.07. The van der Waals surface area contributed by atoms with Crippen molar-refractivity contribution in [1.29, 1.82) is 0 Å². The molecule has 0 aromatic heterocycles. The van der Waals surface area contributed by atoms with Crippen molar-refractivity contribution in [3.05, 3.63) is 132 Å². The summed E-state index contributed by atoms with van der Waals surface area (Å²) in [5.41, 5.74) is 7.25. The van der Waals surface area contributed by atoms with Gasteiger partial charge in [-0.3, -0.25) is 0 Å². The smallest absolute Gasteiger partial charge is 1.00 e. The van der Waals surface area contributed by atoms with Crippen molar-refractivity contribution in [2.75, 3.05) is 0 Å². The Labute approximate surface area is 219 Å². The van der Waals surface area contributed by atoms with E-state index in [0.29, 0.717) is 0 Å². The Morgan fingerprint density at radius 1 is 0.581 bits per heavy atom. The molecule has 2 aromatic carbocycles. The third kappa shape index (κ3) is 9.16. The van der Waals surface area contributed by atoms with E-state index in [1.807, 2.05) is 12.1 Å². The first-order valence-corrected chi connectivity index (χ1v) is 9.95. The molecule has 0 saturated carbocycles. The van der Waals surface area contributed by atoms with E-state index in [4.69, 9.17) is 0 Å². The Balaban J connectivity index is 0.000000529. The van der Waals surface area contributed by atoms with E-state index in [9.17, 15) is 0 Å². The molecule has 2 aromatic rings. The molecule has 0 heterocycles. The average molecular weight is 525 g/mol. The van der Waals surface area contributed by atoms with Crippen LogP contribution < -0.4 is 24.8 Å². The van der Waals surface area contributed by atoms with Crippen LogP contribution in [0.5, 0.6) is 0 Å². The molecule has 0 unspecified atom stereocenters. The van der Waals surface area contributed by atoms with Gasteiger partial charge in [0.05, 0.1) is 0 Å². The summed E-state index contributed by atoms with van der Waals surface area (Å²) in [6.45, 7) is 4.28. The third-order valence-electron chi connectivity index (χ3n) is 4.43. The molecule has 4 rings (SSSR count). The summed E-state index contributed by atoms with van der Waals surface area (Å²) < 4.78 is 0. The summed E-state index contributed by atoms with van der Waals surface area (Å²) in [6, 6.07) is 20.7. The van der Waals surface area contributed by atoms with Gasteiger partial charge in [0.25, 0.3) is 0 Å². The third-order valence-corrected chi connectivity index (χ3v) is 4.43. The molecule has 156 valence electrons. The Kier molecular flexibility index (Phi) is 15.2. The topological polar surface area (TPSA) is 0 Å². The predicted molar refractivity (Wildman–Crippen MR) is 121 cm³/mol. The van der Waals surface area contributed by atoms with E-state index in [2.05, 4.69) is 111 Å². The Bertz CT molecular complexity index is 881. The first kappa shape index (κ1) is 29.3. The van der Waals surface area contributed by atoms with Gasteiger partial charge in [0.15, 0.2) is 0 Å². The molecular weight excluding hydrogens is 498 g/mol. The van der Waals surface area contributed by atoms with Gasteiger partial charge in [0.1, 0.15) is 0 Å². The van der Waals surface area contributed by atoms with E-state index in [0.717, 1.165) is 12.8 Å². The van der Waals surface area contributed by atoms with Crippen molar-refractivity contribution in [2.45, 2.75) is 26.7 Å². The van der Waals surface area contributed by atoms with Crippen molar-refractivity contribution in [3.8, 4) is 0 Å². The zero-order valence-electron chi connectivity index (χ0n) is 17.9. The van der Waals surface area contributed by atoms with Crippen molar-refractivity contribution in [3.63, 3.8) is 0 Å². The normalized spacial score (nSPS) is 15.8. The van der Waals surface area contributed by atoms with Crippen LogP contribution >= 0.6 is 0 Å². The van der Waals surface area contributed by atoms with Gasteiger partial charge in [-0.25, -0.2) is 0 Å². The van der Waals surface area contributed by atoms with Gasteiger partial charge in [-0.05, 0) is 0 Å². The minimum absolute atomic E-state index is 0. The van der Waals surface area contributed by atoms with Crippen LogP contribution in [0.4, 0.5) is 0 Å². The number of hydrogen-bond donors (Lipinski definition) is 0. The van der Waals surface area contributed by atoms with E-state index < -0.39 is 0 Å². The summed E-state index contributed by atoms with van der Waals surface area (Å²) in [4.78, 5) is 0. The number of halogens is 2. The molecule has 0 aliphatic heterocycles. The summed E-state index contributed by atoms with van der Waals surface area (Å²) in [5.74, 6) is 0. The van der Waals surface area contributed by atoms with Crippen LogP contribution in [0, 0.1) is 12.2 Å². The molecule has 0 atom stereocenters. The SMILES string of the molecule is CCC=C1[C-]=C(c2ccccc2)C=C1.CCC=C1[C-]=C(c2ccccc2)C=C1.[Cl-].[Cl-].[Zr+4]. The molecule has 0 saturated heterocycles. The van der Waals surface area contributed by atoms with Gasteiger partial charge >= 0.3 is 26.2 Å². The summed E-state index contributed by atoms with van der Waals surface area (Å²) >= 11 is 0. The summed E-state index contributed by atoms with van der Waals surface area (Å²) in [7, 11) is 0. The fraction of sp³-hybridized carbons (Fsp3) is 0.143. The van der Waals surface area contributed by atoms with Gasteiger partial charge in [-0.2, -0.15) is 24.3 Å². The van der Waals surface area contributed by atoms with Crippen molar-refractivity contribution in [2.24, 2.45) is 0 Å². The van der Waals surface area contributed by atoms with E-state index >= 15 is 0 Å². The zero-order chi connectivity index (χ0) is 19.6. The van der Waals surface area contributed by atoms with E-state index in [-0.39, 0.29) is 51.0 Å². The molecule has 2 aliphatic rings. The first-order valence-electron chi connectivity index (χ1n) is 9.95. The number of rotatable bonds is 4. The van der Waals surface area contributed by atoms with Gasteiger partial charge < -0.3 is 24.8 Å². The fourth-order valence-electron chi connectivity index (χ4n) is 3.07. The standard InChI is InChI=1S/2C14H13.2ClH.Zr/c2*1-2-6-12-9-10-14(11-12)13-7-4-3-5-8-13;;;/h2*3-10H,2H2,1H3;2*1H;/q2*-1;;;+4/p-2. The molecule has 0 amide bonds. The van der Waals surface area contributed by atoms with Crippen molar-refractivity contribution in [1.82, 2.24) is 0 Å². The number of allylic oxidation sites excluding steroid dienone is 12. The Morgan fingerprint density at radius 3 is 1.26 bits per heavy atom. The number of hydrogen-bond acceptors (Lipinski definition) is 0. The maximum absolute atomic E-state index is 3.37. The van der Waals surface area contributed by atoms with Crippen LogP contribution in [0.3, 0.4) is 0 Å². The second kappa shape index (κ2) is 16.0. The molecule has 0 fully saturated rings. The minimum Gasteiger partial charge on any atom is -1.00 e. The van der Waals surface area contributed by atoms with Crippen LogP contribution in [0.1, 0.15) is 37.8 Å². The zero-order valence-corrected chi connectivity index (χ0v) is 21.9. The van der Waals surface area contributed by atoms with Crippen LogP contribution in [-0.2, 0) is 26.2 Å². The molecule has 0 spiro atoms. The predicted octanol–water partition coefficient (Wildman–Crippen LogP) is 1.56. The quantitative estimate of drug-likeness (QED) is 0.533. The molecule has 3 heteroatoms. The second-order valence-corrected chi connectivity index (χ2v) is 6.61. The maximum atomic E-state index is 3.37. The van der Waals surface area contributed by atoms with Gasteiger partial charge in [0, 0.05) is 0 Å². The van der Waals surface area contributed by atoms with E-state index in [1.54, 1.807) is 0 Å². The molecule has 31 heavy (non-hydrogen) atoms. The van der Waals surface area contributed by atoms with Crippen molar-refractivity contribution >= 4 is 11.1 Å². The summed E-state index contributed by atoms with van der Waals surface area (Å²) in [5, 5.41) is 0. The number of benzene rings is 2. The monoisotopic (exact) mass is 522 g/mol. The maximum Gasteiger partial charge on any atom is 4.00 e. The van der Waals surface area contributed by atoms with Crippen LogP contribution in [-0.4, -0.2) is 0 Å². The molecular formula is C28H26Cl2Zr. The minimum atomic E-state index is 0. The van der Waals surface area contributed by atoms with Gasteiger partial charge in [-0.15, -0.1) is 46.6 Å². The molecule has 0 N–H and O–H groups in total. The van der Waals surface area contributed by atoms with Crippen LogP contribution in [0.15, 0.2) is 108 Å². The largest absolute Gasteiger partial charge is 4.00 e. The molecule has 0 nitrogen and oxygen atoms in total. The van der Waals surface area contributed by atoms with E-state index in [1.165, 1.54) is 33.4 Å². The average Bonchev–Trinajstić information content (AvgIpc) is 3.41. The van der Waals surface area contributed by atoms with Crippen LogP contribution in [0.2, 0.25) is 0 Å².